The second-order valence-electron chi connectivity index (χ2n) is 8.09. The Hall–Kier alpha value is -1.61. The molecule has 0 bridgehead atoms. The number of nitrogens with one attached hydrogen (secondary N) is 2. The second kappa shape index (κ2) is 9.71. The molecule has 0 radical (unpaired) electrons. The van der Waals surface area contributed by atoms with Gasteiger partial charge in [-0.05, 0) is 55.5 Å². The van der Waals surface area contributed by atoms with E-state index in [1.807, 2.05) is 59.9 Å². The number of anilines is 1. The third kappa shape index (κ3) is 4.42. The number of fused-ring (bicyclic) bond motifs is 2. The number of amides is 2. The topological polar surface area (TPSA) is 78.4 Å². The van der Waals surface area contributed by atoms with Crippen molar-refractivity contribution in [2.45, 2.75) is 52.1 Å². The fourth-order valence-corrected chi connectivity index (χ4v) is 8.58. The quantitative estimate of drug-likeness (QED) is 0.541. The van der Waals surface area contributed by atoms with E-state index in [1.54, 1.807) is 18.8 Å². The summed E-state index contributed by atoms with van der Waals surface area (Å²) in [5.74, 6) is 1.83. The van der Waals surface area contributed by atoms with Crippen molar-refractivity contribution in [3.05, 3.63) is 53.6 Å². The van der Waals surface area contributed by atoms with Crippen molar-refractivity contribution >= 4 is 52.8 Å². The molecular formula is C24H28N2O3S3. The van der Waals surface area contributed by atoms with Crippen LogP contribution in [0.5, 0.6) is 0 Å². The molecule has 1 unspecified atom stereocenters. The maximum absolute atomic E-state index is 12.5. The lowest BCUT2D eigenvalue weighted by Gasteiger charge is -2.49. The summed E-state index contributed by atoms with van der Waals surface area (Å²) in [5.41, 5.74) is 1.26. The minimum Gasteiger partial charge on any atom is -0.378 e. The Bertz CT molecular complexity index is 1020. The third-order valence-electron chi connectivity index (χ3n) is 5.94. The molecule has 0 aromatic heterocycles. The SMILES string of the molecule is CNC(=O)CCCC(=O)Nc1ccc2c(c1)C(O)(C1(C)SCCCS1)c1ccccc1S2. The molecule has 4 rings (SSSR count). The fourth-order valence-electron chi connectivity index (χ4n) is 4.19. The van der Waals surface area contributed by atoms with Gasteiger partial charge in [-0.3, -0.25) is 9.59 Å². The lowest BCUT2D eigenvalue weighted by molar-refractivity contribution is -0.120. The molecule has 2 aromatic rings. The highest BCUT2D eigenvalue weighted by Crippen LogP contribution is 2.61. The molecule has 1 fully saturated rings. The van der Waals surface area contributed by atoms with E-state index in [0.29, 0.717) is 18.5 Å². The molecule has 2 heterocycles. The van der Waals surface area contributed by atoms with Crippen LogP contribution in [0.25, 0.3) is 0 Å². The van der Waals surface area contributed by atoms with Crippen molar-refractivity contribution in [1.29, 1.82) is 0 Å². The number of hydrogen-bond acceptors (Lipinski definition) is 6. The molecule has 1 saturated heterocycles. The molecule has 2 amide bonds. The van der Waals surface area contributed by atoms with Crippen LogP contribution in [0.15, 0.2) is 52.3 Å². The van der Waals surface area contributed by atoms with Crippen molar-refractivity contribution in [2.75, 3.05) is 23.9 Å². The molecule has 170 valence electrons. The van der Waals surface area contributed by atoms with E-state index in [9.17, 15) is 14.7 Å². The van der Waals surface area contributed by atoms with E-state index in [1.165, 1.54) is 0 Å². The molecule has 0 saturated carbocycles. The van der Waals surface area contributed by atoms with Crippen molar-refractivity contribution < 1.29 is 14.7 Å². The van der Waals surface area contributed by atoms with Gasteiger partial charge >= 0.3 is 0 Å². The number of carbonyl (C=O) groups excluding carboxylic acids is 2. The Morgan fingerprint density at radius 1 is 1.00 bits per heavy atom. The maximum atomic E-state index is 12.5. The minimum atomic E-state index is -1.18. The lowest BCUT2D eigenvalue weighted by Crippen LogP contribution is -2.49. The van der Waals surface area contributed by atoms with Gasteiger partial charge in [0.15, 0.2) is 0 Å². The van der Waals surface area contributed by atoms with Gasteiger partial charge in [-0.15, -0.1) is 23.5 Å². The first-order valence-corrected chi connectivity index (χ1v) is 13.6. The third-order valence-corrected chi connectivity index (χ3v) is 10.5. The lowest BCUT2D eigenvalue weighted by atomic mass is 9.82. The number of benzene rings is 2. The van der Waals surface area contributed by atoms with Gasteiger partial charge < -0.3 is 15.7 Å². The largest absolute Gasteiger partial charge is 0.378 e. The predicted molar refractivity (Wildman–Crippen MR) is 134 cm³/mol. The maximum Gasteiger partial charge on any atom is 0.224 e. The molecule has 2 aliphatic heterocycles. The van der Waals surface area contributed by atoms with Gasteiger partial charge in [0.05, 0.1) is 4.08 Å². The number of hydrogen-bond donors (Lipinski definition) is 3. The number of carbonyl (C=O) groups is 2. The van der Waals surface area contributed by atoms with Crippen LogP contribution in [0.1, 0.15) is 43.7 Å². The first kappa shape index (κ1) is 23.5. The fraction of sp³-hybridized carbons (Fsp3) is 0.417. The molecule has 2 aromatic carbocycles. The normalized spacial score (nSPS) is 21.2. The van der Waals surface area contributed by atoms with Gasteiger partial charge in [-0.2, -0.15) is 0 Å². The van der Waals surface area contributed by atoms with Crippen LogP contribution in [-0.2, 0) is 15.2 Å². The molecule has 0 aliphatic carbocycles. The summed E-state index contributed by atoms with van der Waals surface area (Å²) in [4.78, 5) is 25.9. The minimum absolute atomic E-state index is 0.0666. The van der Waals surface area contributed by atoms with Gasteiger partial charge in [0, 0.05) is 46.5 Å². The van der Waals surface area contributed by atoms with Crippen LogP contribution in [0.3, 0.4) is 0 Å². The molecule has 1 atom stereocenters. The van der Waals surface area contributed by atoms with Crippen LogP contribution >= 0.6 is 35.3 Å². The Balaban J connectivity index is 1.65. The average molecular weight is 489 g/mol. The van der Waals surface area contributed by atoms with Crippen LogP contribution in [-0.4, -0.2) is 39.6 Å². The van der Waals surface area contributed by atoms with E-state index in [0.717, 1.165) is 38.8 Å². The van der Waals surface area contributed by atoms with Crippen LogP contribution in [0.2, 0.25) is 0 Å². The van der Waals surface area contributed by atoms with Gasteiger partial charge in [-0.25, -0.2) is 0 Å². The van der Waals surface area contributed by atoms with Gasteiger partial charge in [0.2, 0.25) is 11.8 Å². The molecule has 5 nitrogen and oxygen atoms in total. The van der Waals surface area contributed by atoms with Crippen molar-refractivity contribution in [3.63, 3.8) is 0 Å². The van der Waals surface area contributed by atoms with Crippen LogP contribution in [0.4, 0.5) is 5.69 Å². The van der Waals surface area contributed by atoms with Gasteiger partial charge in [0.25, 0.3) is 0 Å². The average Bonchev–Trinajstić information content (AvgIpc) is 2.80. The van der Waals surface area contributed by atoms with Crippen molar-refractivity contribution in [2.24, 2.45) is 0 Å². The smallest absolute Gasteiger partial charge is 0.224 e. The zero-order valence-electron chi connectivity index (χ0n) is 18.3. The van der Waals surface area contributed by atoms with E-state index >= 15 is 0 Å². The highest BCUT2D eigenvalue weighted by atomic mass is 32.2. The molecule has 3 N–H and O–H groups in total. The zero-order valence-corrected chi connectivity index (χ0v) is 20.7. The highest BCUT2D eigenvalue weighted by molar-refractivity contribution is 8.18. The van der Waals surface area contributed by atoms with E-state index in [2.05, 4.69) is 23.6 Å². The standard InChI is InChI=1S/C24H28N2O3S3/c1-23(30-13-6-14-31-23)24(29)17-7-3-4-8-19(17)32-20-12-11-16(15-18(20)24)26-22(28)10-5-9-21(27)25-2/h3-4,7-8,11-12,15,29H,5-6,9-10,13-14H2,1-2H3,(H,25,27)(H,26,28). The van der Waals surface area contributed by atoms with Crippen LogP contribution < -0.4 is 10.6 Å². The monoisotopic (exact) mass is 488 g/mol. The van der Waals surface area contributed by atoms with Crippen molar-refractivity contribution in [3.8, 4) is 0 Å². The number of rotatable bonds is 6. The summed E-state index contributed by atoms with van der Waals surface area (Å²) in [5, 5.41) is 18.0. The zero-order chi connectivity index (χ0) is 22.8. The summed E-state index contributed by atoms with van der Waals surface area (Å²) in [6.45, 7) is 2.14. The second-order valence-corrected chi connectivity index (χ2v) is 12.5. The molecule has 32 heavy (non-hydrogen) atoms. The summed E-state index contributed by atoms with van der Waals surface area (Å²) in [6.07, 6.45) is 2.23. The molecule has 2 aliphatic rings. The summed E-state index contributed by atoms with van der Waals surface area (Å²) in [6, 6.07) is 13.9. The summed E-state index contributed by atoms with van der Waals surface area (Å²) >= 11 is 5.28. The van der Waals surface area contributed by atoms with E-state index in [-0.39, 0.29) is 18.2 Å². The van der Waals surface area contributed by atoms with Crippen LogP contribution in [0, 0.1) is 0 Å². The molecule has 8 heteroatoms. The Labute approximate surface area is 201 Å². The molecule has 0 spiro atoms. The first-order chi connectivity index (χ1) is 15.4. The Morgan fingerprint density at radius 3 is 2.44 bits per heavy atom. The van der Waals surface area contributed by atoms with Gasteiger partial charge in [-0.1, -0.05) is 30.0 Å². The van der Waals surface area contributed by atoms with E-state index < -0.39 is 9.68 Å². The summed E-state index contributed by atoms with van der Waals surface area (Å²) < 4.78 is -0.437. The molecular weight excluding hydrogens is 460 g/mol. The number of aliphatic hydroxyl groups is 1. The summed E-state index contributed by atoms with van der Waals surface area (Å²) in [7, 11) is 1.59. The van der Waals surface area contributed by atoms with E-state index in [4.69, 9.17) is 0 Å². The Kier molecular flexibility index (Phi) is 7.14. The number of thioether (sulfide) groups is 2. The van der Waals surface area contributed by atoms with Gasteiger partial charge in [0.1, 0.15) is 5.60 Å². The first-order valence-electron chi connectivity index (χ1n) is 10.8. The van der Waals surface area contributed by atoms with Crippen molar-refractivity contribution in [1.82, 2.24) is 5.32 Å². The highest BCUT2D eigenvalue weighted by Gasteiger charge is 2.54. The Morgan fingerprint density at radius 2 is 1.69 bits per heavy atom. The predicted octanol–water partition coefficient (Wildman–Crippen LogP) is 4.83.